The number of hydrogen-bond acceptors (Lipinski definition) is 7. The molecule has 0 spiro atoms. The van der Waals surface area contributed by atoms with Crippen LogP contribution in [-0.4, -0.2) is 70.0 Å². The van der Waals surface area contributed by atoms with Crippen LogP contribution in [0.4, 0.5) is 0 Å². The van der Waals surface area contributed by atoms with Crippen LogP contribution in [0, 0.1) is 0 Å². The van der Waals surface area contributed by atoms with Gasteiger partial charge in [0, 0.05) is 12.6 Å². The van der Waals surface area contributed by atoms with Crippen LogP contribution in [-0.2, 0) is 9.59 Å². The second kappa shape index (κ2) is 8.44. The van der Waals surface area contributed by atoms with Crippen molar-refractivity contribution in [3.63, 3.8) is 0 Å². The summed E-state index contributed by atoms with van der Waals surface area (Å²) in [6.45, 7) is -0.168. The monoisotopic (exact) mass is 317 g/mol. The van der Waals surface area contributed by atoms with Crippen molar-refractivity contribution in [2.45, 2.75) is 49.6 Å². The molecular formula is C12H24BN3O6. The van der Waals surface area contributed by atoms with Crippen molar-refractivity contribution in [2.75, 3.05) is 13.2 Å². The number of unbranched alkanes of at least 4 members (excludes halogenated alkanes) is 1. The highest BCUT2D eigenvalue weighted by Crippen LogP contribution is 2.26. The molecule has 1 amide bonds. The molecule has 0 bridgehead atoms. The van der Waals surface area contributed by atoms with Crippen molar-refractivity contribution in [1.29, 1.82) is 0 Å². The Labute approximate surface area is 129 Å². The summed E-state index contributed by atoms with van der Waals surface area (Å²) in [7, 11) is -1.38. The lowest BCUT2D eigenvalue weighted by Crippen LogP contribution is -2.48. The Morgan fingerprint density at radius 1 is 1.41 bits per heavy atom. The average molecular weight is 317 g/mol. The summed E-state index contributed by atoms with van der Waals surface area (Å²) in [5.41, 5.74) is 4.27. The molecule has 0 aromatic rings. The molecular weight excluding hydrogens is 293 g/mol. The third kappa shape index (κ3) is 5.22. The Balaban J connectivity index is 2.52. The average Bonchev–Trinajstić information content (AvgIpc) is 2.87. The summed E-state index contributed by atoms with van der Waals surface area (Å²) in [6, 6.07) is -1.39. The summed E-state index contributed by atoms with van der Waals surface area (Å²) < 4.78 is 0. The Hall–Kier alpha value is -1.20. The number of nitrogens with one attached hydrogen (secondary N) is 2. The topological polar surface area (TPSA) is 165 Å². The summed E-state index contributed by atoms with van der Waals surface area (Å²) in [5.74, 6) is -1.51. The number of rotatable bonds is 9. The second-order valence-electron chi connectivity index (χ2n) is 5.69. The van der Waals surface area contributed by atoms with Crippen molar-refractivity contribution in [3.05, 3.63) is 0 Å². The summed E-state index contributed by atoms with van der Waals surface area (Å²) in [4.78, 5) is 23.2. The molecule has 0 saturated carbocycles. The molecule has 0 unspecified atom stereocenters. The van der Waals surface area contributed by atoms with Gasteiger partial charge in [0.25, 0.3) is 0 Å². The van der Waals surface area contributed by atoms with E-state index in [1.54, 1.807) is 0 Å². The van der Waals surface area contributed by atoms with Crippen LogP contribution in [0.5, 0.6) is 0 Å². The number of aliphatic hydroxyl groups excluding tert-OH is 1. The quantitative estimate of drug-likeness (QED) is 0.178. The van der Waals surface area contributed by atoms with Gasteiger partial charge in [0.2, 0.25) is 5.91 Å². The van der Waals surface area contributed by atoms with Gasteiger partial charge < -0.3 is 31.3 Å². The summed E-state index contributed by atoms with van der Waals surface area (Å²) in [5, 5.41) is 41.4. The van der Waals surface area contributed by atoms with E-state index >= 15 is 0 Å². The van der Waals surface area contributed by atoms with Crippen LogP contribution in [0.2, 0.25) is 6.32 Å². The van der Waals surface area contributed by atoms with Gasteiger partial charge in [0.05, 0.1) is 6.61 Å². The number of carboxylic acid groups (broad SMARTS) is 1. The standard InChI is InChI=1S/C12H24BN3O6/c14-9(7-17)10(18)16-8-5-12(11(19)20,15-6-8)3-1-2-4-13(21)22/h8-9,15,17,21-22H,1-7,14H2,(H,16,18)(H,19,20)/t8-,9+,12-/m1/s1. The molecule has 1 aliphatic heterocycles. The van der Waals surface area contributed by atoms with E-state index in [2.05, 4.69) is 10.6 Å². The SMILES string of the molecule is N[C@@H](CO)C(=O)N[C@H]1CN[C@@](CCCCB(O)O)(C(=O)O)C1. The molecule has 1 saturated heterocycles. The third-order valence-corrected chi connectivity index (χ3v) is 3.89. The van der Waals surface area contributed by atoms with Crippen LogP contribution in [0.15, 0.2) is 0 Å². The van der Waals surface area contributed by atoms with Crippen molar-refractivity contribution in [3.8, 4) is 0 Å². The first-order valence-electron chi connectivity index (χ1n) is 7.32. The molecule has 10 heteroatoms. The normalized spacial score (nSPS) is 25.7. The van der Waals surface area contributed by atoms with Crippen molar-refractivity contribution >= 4 is 19.0 Å². The number of carbonyl (C=O) groups excluding carboxylic acids is 1. The van der Waals surface area contributed by atoms with E-state index in [-0.39, 0.29) is 18.8 Å². The van der Waals surface area contributed by atoms with E-state index in [0.717, 1.165) is 0 Å². The van der Waals surface area contributed by atoms with Gasteiger partial charge in [0.1, 0.15) is 11.6 Å². The van der Waals surface area contributed by atoms with Crippen molar-refractivity contribution in [1.82, 2.24) is 10.6 Å². The lowest BCUT2D eigenvalue weighted by atomic mass is 9.81. The number of carbonyl (C=O) groups is 2. The van der Waals surface area contributed by atoms with Gasteiger partial charge in [-0.1, -0.05) is 12.8 Å². The molecule has 8 N–H and O–H groups in total. The maximum Gasteiger partial charge on any atom is 0.451 e. The fourth-order valence-corrected chi connectivity index (χ4v) is 2.59. The number of aliphatic carboxylic acids is 1. The maximum absolute atomic E-state index is 11.6. The first-order valence-corrected chi connectivity index (χ1v) is 7.32. The lowest BCUT2D eigenvalue weighted by molar-refractivity contribution is -0.144. The molecule has 1 rings (SSSR count). The maximum atomic E-state index is 11.6. The van der Waals surface area contributed by atoms with Gasteiger partial charge in [-0.15, -0.1) is 0 Å². The molecule has 0 radical (unpaired) electrons. The molecule has 0 aromatic heterocycles. The van der Waals surface area contributed by atoms with Crippen LogP contribution in [0.1, 0.15) is 25.7 Å². The van der Waals surface area contributed by atoms with E-state index in [1.807, 2.05) is 0 Å². The molecule has 126 valence electrons. The first-order chi connectivity index (χ1) is 10.3. The van der Waals surface area contributed by atoms with Gasteiger partial charge in [-0.25, -0.2) is 0 Å². The molecule has 1 aliphatic rings. The molecule has 3 atom stereocenters. The van der Waals surface area contributed by atoms with Gasteiger partial charge >= 0.3 is 13.1 Å². The minimum atomic E-state index is -1.38. The Kier molecular flexibility index (Phi) is 7.23. The second-order valence-corrected chi connectivity index (χ2v) is 5.69. The number of carboxylic acids is 1. The van der Waals surface area contributed by atoms with Crippen molar-refractivity contribution in [2.24, 2.45) is 5.73 Å². The number of hydrogen-bond donors (Lipinski definition) is 7. The molecule has 9 nitrogen and oxygen atoms in total. The fraction of sp³-hybridized carbons (Fsp3) is 0.833. The van der Waals surface area contributed by atoms with Crippen molar-refractivity contribution < 1.29 is 29.9 Å². The van der Waals surface area contributed by atoms with Gasteiger partial charge in [-0.3, -0.25) is 14.9 Å². The molecule has 0 aromatic carbocycles. The van der Waals surface area contributed by atoms with Gasteiger partial charge in [0.15, 0.2) is 0 Å². The van der Waals surface area contributed by atoms with Crippen LogP contribution in [0.3, 0.4) is 0 Å². The highest BCUT2D eigenvalue weighted by molar-refractivity contribution is 6.40. The zero-order valence-corrected chi connectivity index (χ0v) is 12.4. The van der Waals surface area contributed by atoms with Gasteiger partial charge in [-0.2, -0.15) is 0 Å². The number of amides is 1. The largest absolute Gasteiger partial charge is 0.480 e. The third-order valence-electron chi connectivity index (χ3n) is 3.89. The molecule has 22 heavy (non-hydrogen) atoms. The highest BCUT2D eigenvalue weighted by Gasteiger charge is 2.45. The van der Waals surface area contributed by atoms with Crippen LogP contribution in [0.25, 0.3) is 0 Å². The summed E-state index contributed by atoms with van der Waals surface area (Å²) in [6.07, 6.45) is 1.76. The first kappa shape index (κ1) is 18.9. The van der Waals surface area contributed by atoms with Crippen LogP contribution >= 0.6 is 0 Å². The highest BCUT2D eigenvalue weighted by atomic mass is 16.4. The van der Waals surface area contributed by atoms with E-state index in [1.165, 1.54) is 0 Å². The van der Waals surface area contributed by atoms with E-state index in [4.69, 9.17) is 20.9 Å². The van der Waals surface area contributed by atoms with Crippen LogP contribution < -0.4 is 16.4 Å². The van der Waals surface area contributed by atoms with E-state index in [9.17, 15) is 14.7 Å². The molecule has 1 fully saturated rings. The predicted molar refractivity (Wildman–Crippen MR) is 78.8 cm³/mol. The zero-order chi connectivity index (χ0) is 16.8. The smallest absolute Gasteiger partial charge is 0.451 e. The Bertz CT molecular complexity index is 397. The molecule has 0 aliphatic carbocycles. The Morgan fingerprint density at radius 2 is 2.09 bits per heavy atom. The number of aliphatic hydroxyl groups is 1. The minimum Gasteiger partial charge on any atom is -0.480 e. The fourth-order valence-electron chi connectivity index (χ4n) is 2.59. The van der Waals surface area contributed by atoms with E-state index in [0.29, 0.717) is 25.8 Å². The minimum absolute atomic E-state index is 0.196. The Morgan fingerprint density at radius 3 is 2.64 bits per heavy atom. The van der Waals surface area contributed by atoms with Gasteiger partial charge in [-0.05, 0) is 19.2 Å². The lowest BCUT2D eigenvalue weighted by Gasteiger charge is -2.25. The zero-order valence-electron chi connectivity index (χ0n) is 12.4. The predicted octanol–water partition coefficient (Wildman–Crippen LogP) is -2.75. The van der Waals surface area contributed by atoms with E-state index < -0.39 is 37.2 Å². The summed E-state index contributed by atoms with van der Waals surface area (Å²) >= 11 is 0. The molecule has 1 heterocycles. The number of nitrogens with two attached hydrogens (primary N) is 1.